The molecule has 8 nitrogen and oxygen atoms in total. The van der Waals surface area contributed by atoms with Gasteiger partial charge >= 0.3 is 41.5 Å². The minimum absolute atomic E-state index is 0. The average molecular weight is 771 g/mol. The van der Waals surface area contributed by atoms with Crippen molar-refractivity contribution < 1.29 is 67.5 Å². The first-order valence-corrected chi connectivity index (χ1v) is 21.7. The first-order chi connectivity index (χ1) is 25.3. The van der Waals surface area contributed by atoms with Crippen LogP contribution in [0.2, 0.25) is 0 Å². The Morgan fingerprint density at radius 2 is 0.962 bits per heavy atom. The third-order valence-electron chi connectivity index (χ3n) is 8.25. The number of hydrogen-bond donors (Lipinski definition) is 1. The number of carbonyl (C=O) groups excluding carboxylic acids is 2. The minimum Gasteiger partial charge on any atom is -0.756 e. The largest absolute Gasteiger partial charge is 1.00 e. The summed E-state index contributed by atoms with van der Waals surface area (Å²) in [6, 6.07) is 0. The van der Waals surface area contributed by atoms with Crippen molar-refractivity contribution in [2.75, 3.05) is 13.2 Å². The molecule has 1 N–H and O–H groups in total. The fourth-order valence-corrected chi connectivity index (χ4v) is 5.63. The van der Waals surface area contributed by atoms with Crippen LogP contribution in [0.1, 0.15) is 168 Å². The fraction of sp³-hybridized carbons (Fsp3) is 0.674. The van der Waals surface area contributed by atoms with Crippen LogP contribution in [0.5, 0.6) is 0 Å². The van der Waals surface area contributed by atoms with E-state index < -0.39 is 32.5 Å². The summed E-state index contributed by atoms with van der Waals surface area (Å²) in [5.74, 6) is -1.02. The van der Waals surface area contributed by atoms with E-state index in [1.807, 2.05) is 12.2 Å². The van der Waals surface area contributed by atoms with Crippen LogP contribution in [-0.2, 0) is 28.2 Å². The zero-order valence-electron chi connectivity index (χ0n) is 33.6. The van der Waals surface area contributed by atoms with Gasteiger partial charge in [0.25, 0.3) is 7.82 Å². The molecule has 0 saturated heterocycles. The van der Waals surface area contributed by atoms with Gasteiger partial charge in [-0.05, 0) is 51.4 Å². The third kappa shape index (κ3) is 44.8. The molecule has 0 fully saturated rings. The van der Waals surface area contributed by atoms with Gasteiger partial charge in [0.15, 0.2) is 6.10 Å². The number of allylic oxidation sites excluding steroid dienone is 12. The minimum atomic E-state index is -5.02. The summed E-state index contributed by atoms with van der Waals surface area (Å²) in [7, 11) is -5.02. The number of phosphoric acid groups is 1. The van der Waals surface area contributed by atoms with Gasteiger partial charge in [0.05, 0.1) is 6.61 Å². The zero-order chi connectivity index (χ0) is 38.2. The number of unbranched alkanes of at least 4 members (excludes halogenated alkanes) is 14. The molecule has 298 valence electrons. The Kier molecular flexibility index (Phi) is 42.1. The zero-order valence-corrected chi connectivity index (χ0v) is 36.5. The molecule has 0 aromatic carbocycles. The summed E-state index contributed by atoms with van der Waals surface area (Å²) in [6.45, 7) is 3.41. The molecule has 0 amide bonds. The molecule has 0 aromatic rings. The summed E-state index contributed by atoms with van der Waals surface area (Å²) in [6.07, 6.45) is 49.0. The molecule has 53 heavy (non-hydrogen) atoms. The molecule has 0 rings (SSSR count). The Morgan fingerprint density at radius 1 is 0.566 bits per heavy atom. The van der Waals surface area contributed by atoms with Gasteiger partial charge < -0.3 is 23.8 Å². The van der Waals surface area contributed by atoms with E-state index in [9.17, 15) is 19.0 Å². The molecule has 10 heteroatoms. The maximum Gasteiger partial charge on any atom is 1.00 e. The topological polar surface area (TPSA) is 122 Å². The van der Waals surface area contributed by atoms with Crippen LogP contribution in [0.4, 0.5) is 0 Å². The Hall–Kier alpha value is -1.51. The monoisotopic (exact) mass is 770 g/mol. The molecular weight excluding hydrogens is 698 g/mol. The van der Waals surface area contributed by atoms with E-state index in [2.05, 4.69) is 79.1 Å². The maximum atomic E-state index is 12.3. The van der Waals surface area contributed by atoms with Crippen molar-refractivity contribution >= 4 is 19.8 Å². The smallest absolute Gasteiger partial charge is 0.756 e. The van der Waals surface area contributed by atoms with E-state index in [1.165, 1.54) is 70.6 Å². The number of rotatable bonds is 36. The van der Waals surface area contributed by atoms with Crippen LogP contribution in [0.3, 0.4) is 0 Å². The van der Waals surface area contributed by atoms with Crippen LogP contribution in [0.25, 0.3) is 0 Å². The molecule has 0 saturated carbocycles. The van der Waals surface area contributed by atoms with E-state index in [4.69, 9.17) is 14.4 Å². The van der Waals surface area contributed by atoms with E-state index in [0.29, 0.717) is 12.8 Å². The predicted molar refractivity (Wildman–Crippen MR) is 214 cm³/mol. The molecule has 0 aliphatic carbocycles. The molecule has 0 aliphatic heterocycles. The van der Waals surface area contributed by atoms with Crippen LogP contribution < -0.4 is 34.5 Å². The summed E-state index contributed by atoms with van der Waals surface area (Å²) in [5.41, 5.74) is 0. The number of phosphoric ester groups is 1. The standard InChI is InChI=1S/C43H73O8P.Na/c1-3-5-7-9-11-13-15-17-19-20-21-22-24-26-28-30-32-34-36-38-43(45)51-41(40-50-52(46,47)48)39-49-42(44)37-35-33-31-29-27-25-23-18-16-14-12-10-8-6-4-2;/h5,7,11,13,17,19,21-22,26,28,32,34,41H,3-4,6,8-10,12,14-16,18,20,23-25,27,29-31,33,35-40H2,1-2H3,(H2,46,47,48);/q;+1/p-1/b7-5-,13-11-,19-17-,22-21-,28-26-,34-32-;/t41-;/m1./s1. The maximum absolute atomic E-state index is 12.3. The predicted octanol–water partition coefficient (Wildman–Crippen LogP) is 8.66. The van der Waals surface area contributed by atoms with Gasteiger partial charge in [0.1, 0.15) is 6.61 Å². The molecule has 0 radical (unpaired) electrons. The fourth-order valence-electron chi connectivity index (χ4n) is 5.28. The van der Waals surface area contributed by atoms with Gasteiger partial charge in [0, 0.05) is 12.8 Å². The van der Waals surface area contributed by atoms with Gasteiger partial charge in [-0.2, -0.15) is 0 Å². The van der Waals surface area contributed by atoms with E-state index >= 15 is 0 Å². The van der Waals surface area contributed by atoms with Crippen molar-refractivity contribution in [2.45, 2.75) is 174 Å². The molecule has 0 heterocycles. The van der Waals surface area contributed by atoms with Crippen molar-refractivity contribution in [1.82, 2.24) is 0 Å². The third-order valence-corrected chi connectivity index (χ3v) is 8.72. The summed E-state index contributed by atoms with van der Waals surface area (Å²) < 4.78 is 26.0. The van der Waals surface area contributed by atoms with Gasteiger partial charge in [-0.15, -0.1) is 0 Å². The Bertz CT molecular complexity index is 1080. The van der Waals surface area contributed by atoms with Crippen molar-refractivity contribution in [2.24, 2.45) is 0 Å². The van der Waals surface area contributed by atoms with Crippen LogP contribution in [0.15, 0.2) is 72.9 Å². The molecule has 2 atom stereocenters. The number of esters is 2. The summed E-state index contributed by atoms with van der Waals surface area (Å²) in [5, 5.41) is 0. The Balaban J connectivity index is 0. The molecule has 0 aromatic heterocycles. The van der Waals surface area contributed by atoms with Crippen molar-refractivity contribution in [1.29, 1.82) is 0 Å². The molecular formula is C43H72NaO8P. The van der Waals surface area contributed by atoms with E-state index in [-0.39, 0.29) is 49.0 Å². The van der Waals surface area contributed by atoms with Crippen molar-refractivity contribution in [3.8, 4) is 0 Å². The van der Waals surface area contributed by atoms with E-state index in [0.717, 1.165) is 57.8 Å². The normalized spacial score (nSPS) is 13.9. The second-order valence-electron chi connectivity index (χ2n) is 13.2. The SMILES string of the molecule is CC/C=C\C/C=C\C/C=C\C/C=C\C/C=C\C/C=C\CCC(=O)O[C@H](COC(=O)CCCCCCCCCCCCCCCCC)COP(=O)([O-])O.[Na+]. The second kappa shape index (κ2) is 41.6. The number of carbonyl (C=O) groups is 2. The summed E-state index contributed by atoms with van der Waals surface area (Å²) in [4.78, 5) is 44.6. The van der Waals surface area contributed by atoms with Crippen LogP contribution in [0, 0.1) is 0 Å². The van der Waals surface area contributed by atoms with Gasteiger partial charge in [-0.3, -0.25) is 14.2 Å². The van der Waals surface area contributed by atoms with Gasteiger partial charge in [0.2, 0.25) is 0 Å². The molecule has 1 unspecified atom stereocenters. The number of ether oxygens (including phenoxy) is 2. The average Bonchev–Trinajstić information content (AvgIpc) is 3.11. The summed E-state index contributed by atoms with van der Waals surface area (Å²) >= 11 is 0. The molecule has 0 spiro atoms. The Morgan fingerprint density at radius 3 is 1.38 bits per heavy atom. The number of hydrogen-bond acceptors (Lipinski definition) is 7. The van der Waals surface area contributed by atoms with Crippen molar-refractivity contribution in [3.05, 3.63) is 72.9 Å². The van der Waals surface area contributed by atoms with Crippen LogP contribution in [-0.4, -0.2) is 36.1 Å². The van der Waals surface area contributed by atoms with Gasteiger partial charge in [-0.25, -0.2) is 0 Å². The molecule has 0 aliphatic rings. The quantitative estimate of drug-likeness (QED) is 0.0221. The Labute approximate surface area is 345 Å². The second-order valence-corrected chi connectivity index (χ2v) is 14.4. The first-order valence-electron chi connectivity index (χ1n) is 20.2. The first kappa shape index (κ1) is 53.6. The molecule has 0 bridgehead atoms. The van der Waals surface area contributed by atoms with Gasteiger partial charge in [-0.1, -0.05) is 177 Å². The van der Waals surface area contributed by atoms with E-state index in [1.54, 1.807) is 0 Å². The van der Waals surface area contributed by atoms with Crippen molar-refractivity contribution in [3.63, 3.8) is 0 Å². The van der Waals surface area contributed by atoms with Crippen LogP contribution >= 0.6 is 7.82 Å².